The fraction of sp³-hybridized carbons (Fsp3) is 0.667. The molecule has 1 rings (SSSR count). The van der Waals surface area contributed by atoms with Gasteiger partial charge in [-0.3, -0.25) is 52.7 Å². The van der Waals surface area contributed by atoms with Crippen LogP contribution in [0.5, 0.6) is 0 Å². The Morgan fingerprint density at radius 3 is 1.52 bits per heavy atom. The van der Waals surface area contributed by atoms with Crippen molar-refractivity contribution in [3.8, 4) is 0 Å². The van der Waals surface area contributed by atoms with Gasteiger partial charge >= 0.3 is 0 Å². The maximum atomic E-state index is 13.1. The van der Waals surface area contributed by atoms with Crippen LogP contribution in [0.4, 0.5) is 0 Å². The van der Waals surface area contributed by atoms with Gasteiger partial charge in [0.1, 0.15) is 31.3 Å². The smallest absolute Gasteiger partial charge is 0.246 e. The minimum absolute atomic E-state index is 0.0203. The number of ether oxygens (including phenoxy) is 4. The number of hydrogen-bond donors (Lipinski definition) is 13. The Morgan fingerprint density at radius 1 is 0.565 bits per heavy atom. The van der Waals surface area contributed by atoms with Crippen LogP contribution in [0.2, 0.25) is 0 Å². The van der Waals surface area contributed by atoms with Gasteiger partial charge in [0.15, 0.2) is 0 Å². The third-order valence-electron chi connectivity index (χ3n) is 7.36. The van der Waals surface area contributed by atoms with Crippen molar-refractivity contribution in [3.05, 3.63) is 0 Å². The summed E-state index contributed by atoms with van der Waals surface area (Å²) in [6.07, 6.45) is 0. The first-order valence-corrected chi connectivity index (χ1v) is 21.2. The maximum Gasteiger partial charge on any atom is 0.246 e. The molecular formula is C33H55N11O15S3. The quantitative estimate of drug-likeness (QED) is 0.0423. The van der Waals surface area contributed by atoms with Gasteiger partial charge in [0, 0.05) is 30.3 Å². The van der Waals surface area contributed by atoms with Gasteiger partial charge in [-0.25, -0.2) is 0 Å². The summed E-state index contributed by atoms with van der Waals surface area (Å²) < 4.78 is 21.0. The number of carbonyl (C=O) groups excluding carboxylic acids is 11. The molecule has 1 heterocycles. The normalized spacial score (nSPS) is 19.7. The zero-order valence-corrected chi connectivity index (χ0v) is 36.3. The number of thiol groups is 2. The average Bonchev–Trinajstić information content (AvgIpc) is 3.24. The molecule has 1 saturated heterocycles. The predicted molar refractivity (Wildman–Crippen MR) is 224 cm³/mol. The molecule has 0 spiro atoms. The Labute approximate surface area is 371 Å². The molecule has 1 aliphatic rings. The molecule has 26 nitrogen and oxygen atoms in total. The lowest BCUT2D eigenvalue weighted by Gasteiger charge is -2.20. The summed E-state index contributed by atoms with van der Waals surface area (Å²) in [5.41, 5.74) is 4.91. The standard InChI is InChI=1S/C33H55N11O15S3/c34-23(45)14-59-15-29(51)35-1-3-56-5-7-58-8-6-57-4-2-36-33(55)22-18-62-19-30(52)39-12-27(49)43-20(16-60)31(53)40-10-25(47)37-9-24(46)38-11-26(48)42-21(17-61)32(54)41-13-28(50)44-22/h20-22,60-61H,1-19H2,(H2,34,45)(H,35,51)(H,36,55)(H,37,47)(H,38,46)(H,39,52)(H,40,53)(H,41,54)(H,42,48)(H,43,49)(H,44,50)/t20-,21-,22-/m0/s1. The Morgan fingerprint density at radius 2 is 1.00 bits per heavy atom. The molecule has 12 N–H and O–H groups in total. The number of thioether (sulfide) groups is 1. The number of nitrogens with two attached hydrogens (primary N) is 1. The fourth-order valence-corrected chi connectivity index (χ4v) is 5.73. The highest BCUT2D eigenvalue weighted by Crippen LogP contribution is 2.04. The van der Waals surface area contributed by atoms with Crippen LogP contribution in [0.3, 0.4) is 0 Å². The van der Waals surface area contributed by atoms with Crippen molar-refractivity contribution in [2.75, 3.05) is 122 Å². The Hall–Kier alpha value is -4.94. The van der Waals surface area contributed by atoms with Crippen molar-refractivity contribution >= 4 is 102 Å². The zero-order valence-electron chi connectivity index (χ0n) is 33.7. The molecule has 11 amide bonds. The fourth-order valence-electron chi connectivity index (χ4n) is 4.34. The molecule has 0 saturated carbocycles. The first kappa shape index (κ1) is 55.1. The molecule has 350 valence electrons. The summed E-state index contributed by atoms with van der Waals surface area (Å²) in [4.78, 5) is 135. The predicted octanol–water partition coefficient (Wildman–Crippen LogP) is -8.59. The molecule has 62 heavy (non-hydrogen) atoms. The van der Waals surface area contributed by atoms with Crippen molar-refractivity contribution in [2.24, 2.45) is 5.73 Å². The highest BCUT2D eigenvalue weighted by molar-refractivity contribution is 8.00. The molecule has 1 aliphatic heterocycles. The number of nitrogens with one attached hydrogen (secondary N) is 10. The van der Waals surface area contributed by atoms with Crippen LogP contribution in [0.15, 0.2) is 0 Å². The van der Waals surface area contributed by atoms with Gasteiger partial charge in [-0.2, -0.15) is 25.3 Å². The lowest BCUT2D eigenvalue weighted by molar-refractivity contribution is -0.131. The van der Waals surface area contributed by atoms with E-state index in [4.69, 9.17) is 24.7 Å². The summed E-state index contributed by atoms with van der Waals surface area (Å²) in [6.45, 7) is -2.16. The first-order valence-electron chi connectivity index (χ1n) is 18.8. The zero-order chi connectivity index (χ0) is 46.1. The second-order valence-corrected chi connectivity index (χ2v) is 14.2. The second-order valence-electron chi connectivity index (χ2n) is 12.4. The molecule has 29 heteroatoms. The van der Waals surface area contributed by atoms with Crippen LogP contribution >= 0.6 is 37.0 Å². The summed E-state index contributed by atoms with van der Waals surface area (Å²) in [5.74, 6) is -8.59. The van der Waals surface area contributed by atoms with Crippen molar-refractivity contribution in [1.29, 1.82) is 0 Å². The molecule has 0 aromatic carbocycles. The van der Waals surface area contributed by atoms with Gasteiger partial charge in [0.05, 0.1) is 78.1 Å². The molecule has 0 radical (unpaired) electrons. The molecule has 0 aromatic heterocycles. The third-order valence-corrected chi connectivity index (χ3v) is 9.12. The van der Waals surface area contributed by atoms with Gasteiger partial charge in [0.25, 0.3) is 0 Å². The largest absolute Gasteiger partial charge is 0.377 e. The van der Waals surface area contributed by atoms with E-state index in [0.29, 0.717) is 0 Å². The number of carbonyl (C=O) groups is 11. The van der Waals surface area contributed by atoms with Gasteiger partial charge in [-0.1, -0.05) is 0 Å². The molecule has 0 aliphatic carbocycles. The Kier molecular flexibility index (Phi) is 29.9. The molecular weight excluding hydrogens is 887 g/mol. The van der Waals surface area contributed by atoms with Gasteiger partial charge in [-0.15, -0.1) is 11.8 Å². The van der Waals surface area contributed by atoms with E-state index >= 15 is 0 Å². The molecule has 0 bridgehead atoms. The summed E-state index contributed by atoms with van der Waals surface area (Å²) in [5, 5.41) is 23.8. The van der Waals surface area contributed by atoms with Crippen LogP contribution in [-0.2, 0) is 71.7 Å². The number of primary amides is 1. The highest BCUT2D eigenvalue weighted by atomic mass is 32.2. The van der Waals surface area contributed by atoms with Crippen LogP contribution in [0.1, 0.15) is 0 Å². The summed E-state index contributed by atoms with van der Waals surface area (Å²) in [6, 6.07) is -3.63. The molecule has 0 unspecified atom stereocenters. The van der Waals surface area contributed by atoms with E-state index in [1.807, 2.05) is 0 Å². The summed E-state index contributed by atoms with van der Waals surface area (Å²) in [7, 11) is 0. The minimum Gasteiger partial charge on any atom is -0.377 e. The topological polar surface area (TPSA) is 371 Å². The number of rotatable bonds is 19. The SMILES string of the molecule is NC(=O)COCC(=O)NCCOCCOCCOCCNC(=O)[C@@H]1CSCC(=O)NCC(=O)N[C@@H](CS)C(=O)NCC(=O)NCC(=O)NCC(=O)N[C@@H](CS)C(=O)NCC(=O)N1. The molecule has 0 aromatic rings. The highest BCUT2D eigenvalue weighted by Gasteiger charge is 2.25. The average molecular weight is 942 g/mol. The Bertz CT molecular complexity index is 1530. The first-order chi connectivity index (χ1) is 29.6. The lowest BCUT2D eigenvalue weighted by Crippen LogP contribution is -2.54. The van der Waals surface area contributed by atoms with Gasteiger partial charge in [-0.05, 0) is 0 Å². The third kappa shape index (κ3) is 27.8. The van der Waals surface area contributed by atoms with Crippen molar-refractivity contribution < 1.29 is 71.7 Å². The van der Waals surface area contributed by atoms with E-state index in [-0.39, 0.29) is 89.0 Å². The van der Waals surface area contributed by atoms with Crippen molar-refractivity contribution in [3.63, 3.8) is 0 Å². The van der Waals surface area contributed by atoms with Crippen molar-refractivity contribution in [1.82, 2.24) is 53.2 Å². The van der Waals surface area contributed by atoms with E-state index in [1.54, 1.807) is 0 Å². The molecule has 3 atom stereocenters. The van der Waals surface area contributed by atoms with Crippen molar-refractivity contribution in [2.45, 2.75) is 18.1 Å². The second kappa shape index (κ2) is 33.7. The van der Waals surface area contributed by atoms with Gasteiger partial charge < -0.3 is 77.8 Å². The lowest BCUT2D eigenvalue weighted by atomic mass is 10.3. The number of hydrogen-bond acceptors (Lipinski definition) is 18. The van der Waals surface area contributed by atoms with Crippen LogP contribution in [0, 0.1) is 0 Å². The van der Waals surface area contributed by atoms with E-state index in [2.05, 4.69) is 78.4 Å². The van der Waals surface area contributed by atoms with E-state index in [1.165, 1.54) is 0 Å². The Balaban J connectivity index is 2.69. The maximum absolute atomic E-state index is 13.1. The van der Waals surface area contributed by atoms with Crippen LogP contribution < -0.4 is 58.9 Å². The van der Waals surface area contributed by atoms with Gasteiger partial charge in [0.2, 0.25) is 65.0 Å². The monoisotopic (exact) mass is 941 g/mol. The van der Waals surface area contributed by atoms with Crippen LogP contribution in [-0.4, -0.2) is 205 Å². The minimum atomic E-state index is -1.23. The molecule has 1 fully saturated rings. The summed E-state index contributed by atoms with van der Waals surface area (Å²) >= 11 is 9.02. The van der Waals surface area contributed by atoms with Crippen LogP contribution in [0.25, 0.3) is 0 Å². The van der Waals surface area contributed by atoms with E-state index < -0.39 is 116 Å². The van der Waals surface area contributed by atoms with E-state index in [9.17, 15) is 52.7 Å². The number of amides is 11. The van der Waals surface area contributed by atoms with E-state index in [0.717, 1.165) is 11.8 Å².